The molecule has 0 spiro atoms. The van der Waals surface area contributed by atoms with Crippen LogP contribution in [0.2, 0.25) is 0 Å². The molecule has 0 aromatic carbocycles. The van der Waals surface area contributed by atoms with E-state index in [0.717, 1.165) is 19.3 Å². The van der Waals surface area contributed by atoms with Crippen molar-refractivity contribution in [1.82, 2.24) is 25.8 Å². The van der Waals surface area contributed by atoms with Gasteiger partial charge in [-0.15, -0.1) is 0 Å². The SMILES string of the molecule is CCC(C)C(C(CC(CCCNC=O)C(OC)C(C)C)OC)N(C)C(=O)[C@@H](NC(=O)C(C)(C)NC(=O)CCCCCN1C(=O)C=CC1=O)C(C)C. The van der Waals surface area contributed by atoms with Crippen LogP contribution >= 0.6 is 0 Å². The van der Waals surface area contributed by atoms with Crippen molar-refractivity contribution in [2.45, 2.75) is 137 Å². The van der Waals surface area contributed by atoms with Crippen molar-refractivity contribution in [3.63, 3.8) is 0 Å². The third kappa shape index (κ3) is 14.3. The average Bonchev–Trinajstić information content (AvgIpc) is 3.39. The highest BCUT2D eigenvalue weighted by Crippen LogP contribution is 2.31. The van der Waals surface area contributed by atoms with Crippen molar-refractivity contribution in [2.24, 2.45) is 23.7 Å². The van der Waals surface area contributed by atoms with Gasteiger partial charge < -0.3 is 30.3 Å². The van der Waals surface area contributed by atoms with Crippen LogP contribution in [0, 0.1) is 23.7 Å². The number of carbonyl (C=O) groups is 6. The van der Waals surface area contributed by atoms with Crippen LogP contribution in [0.5, 0.6) is 0 Å². The van der Waals surface area contributed by atoms with Gasteiger partial charge in [0.15, 0.2) is 0 Å². The Morgan fingerprint density at radius 3 is 2.08 bits per heavy atom. The second-order valence-electron chi connectivity index (χ2n) is 15.1. The summed E-state index contributed by atoms with van der Waals surface area (Å²) >= 11 is 0. The van der Waals surface area contributed by atoms with E-state index in [1.54, 1.807) is 40.0 Å². The van der Waals surface area contributed by atoms with Gasteiger partial charge in [0.25, 0.3) is 11.8 Å². The molecule has 5 unspecified atom stereocenters. The minimum atomic E-state index is -1.29. The number of imide groups is 1. The van der Waals surface area contributed by atoms with Crippen LogP contribution in [0.4, 0.5) is 0 Å². The summed E-state index contributed by atoms with van der Waals surface area (Å²) in [5, 5.41) is 8.48. The predicted octanol–water partition coefficient (Wildman–Crippen LogP) is 3.60. The number of ether oxygens (including phenoxy) is 2. The maximum Gasteiger partial charge on any atom is 0.253 e. The average molecular weight is 722 g/mol. The fourth-order valence-electron chi connectivity index (χ4n) is 6.92. The van der Waals surface area contributed by atoms with Crippen LogP contribution in [0.1, 0.15) is 107 Å². The summed E-state index contributed by atoms with van der Waals surface area (Å²) < 4.78 is 12.1. The Morgan fingerprint density at radius 1 is 0.941 bits per heavy atom. The van der Waals surface area contributed by atoms with Gasteiger partial charge >= 0.3 is 0 Å². The molecule has 0 aromatic rings. The van der Waals surface area contributed by atoms with Crippen LogP contribution in [0.3, 0.4) is 0 Å². The molecule has 6 amide bonds. The number of nitrogens with one attached hydrogen (secondary N) is 3. The number of amides is 6. The summed E-state index contributed by atoms with van der Waals surface area (Å²) in [4.78, 5) is 77.8. The number of nitrogens with zero attached hydrogens (tertiary/aromatic N) is 2. The van der Waals surface area contributed by atoms with Gasteiger partial charge in [-0.05, 0) is 69.6 Å². The summed E-state index contributed by atoms with van der Waals surface area (Å²) in [7, 11) is 5.15. The Kier molecular flexibility index (Phi) is 20.2. The lowest BCUT2D eigenvalue weighted by Gasteiger charge is -2.42. The number of rotatable bonds is 26. The number of likely N-dealkylation sites (N-methyl/N-ethyl adjacent to an activating group) is 1. The summed E-state index contributed by atoms with van der Waals surface area (Å²) in [6.07, 6.45) is 7.80. The molecule has 51 heavy (non-hydrogen) atoms. The number of carbonyl (C=O) groups excluding carboxylic acids is 6. The molecule has 0 aliphatic carbocycles. The smallest absolute Gasteiger partial charge is 0.253 e. The Balaban J connectivity index is 3.02. The number of methoxy groups -OCH3 is 2. The zero-order chi connectivity index (χ0) is 38.9. The largest absolute Gasteiger partial charge is 0.381 e. The van der Waals surface area contributed by atoms with Gasteiger partial charge in [-0.1, -0.05) is 54.4 Å². The van der Waals surface area contributed by atoms with E-state index in [1.165, 1.54) is 17.1 Å². The summed E-state index contributed by atoms with van der Waals surface area (Å²) in [5.74, 6) is -1.46. The lowest BCUT2D eigenvalue weighted by molar-refractivity contribution is -0.144. The van der Waals surface area contributed by atoms with Gasteiger partial charge in [-0.2, -0.15) is 0 Å². The second-order valence-corrected chi connectivity index (χ2v) is 15.1. The molecule has 13 heteroatoms. The van der Waals surface area contributed by atoms with Gasteiger partial charge in [0, 0.05) is 52.9 Å². The van der Waals surface area contributed by atoms with Crippen molar-refractivity contribution in [1.29, 1.82) is 0 Å². The van der Waals surface area contributed by atoms with E-state index in [1.807, 2.05) is 13.8 Å². The van der Waals surface area contributed by atoms with Crippen LogP contribution in [0.25, 0.3) is 0 Å². The molecule has 1 aliphatic rings. The van der Waals surface area contributed by atoms with Crippen molar-refractivity contribution < 1.29 is 38.2 Å². The van der Waals surface area contributed by atoms with Crippen LogP contribution in [0.15, 0.2) is 12.2 Å². The Labute approximate surface area is 306 Å². The lowest BCUT2D eigenvalue weighted by atomic mass is 9.81. The second kappa shape index (κ2) is 22.6. The molecular weight excluding hydrogens is 654 g/mol. The first kappa shape index (κ1) is 45.7. The van der Waals surface area contributed by atoms with Gasteiger partial charge in [0.05, 0.1) is 18.2 Å². The minimum Gasteiger partial charge on any atom is -0.381 e. The zero-order valence-corrected chi connectivity index (χ0v) is 33.1. The predicted molar refractivity (Wildman–Crippen MR) is 197 cm³/mol. The topological polar surface area (TPSA) is 163 Å². The molecule has 13 nitrogen and oxygen atoms in total. The van der Waals surface area contributed by atoms with E-state index in [9.17, 15) is 28.8 Å². The lowest BCUT2D eigenvalue weighted by Crippen LogP contribution is -2.62. The van der Waals surface area contributed by atoms with Gasteiger partial charge in [-0.25, -0.2) is 0 Å². The van der Waals surface area contributed by atoms with Crippen LogP contribution < -0.4 is 16.0 Å². The van der Waals surface area contributed by atoms with Crippen molar-refractivity contribution in [2.75, 3.05) is 34.4 Å². The highest BCUT2D eigenvalue weighted by molar-refractivity contribution is 6.12. The van der Waals surface area contributed by atoms with Crippen molar-refractivity contribution >= 4 is 35.9 Å². The van der Waals surface area contributed by atoms with Gasteiger partial charge in [0.2, 0.25) is 24.1 Å². The highest BCUT2D eigenvalue weighted by Gasteiger charge is 2.40. The molecule has 1 aliphatic heterocycles. The van der Waals surface area contributed by atoms with Crippen LogP contribution in [-0.4, -0.2) is 110 Å². The third-order valence-corrected chi connectivity index (χ3v) is 10.0. The molecule has 0 bridgehead atoms. The fourth-order valence-corrected chi connectivity index (χ4v) is 6.92. The standard InChI is InChI=1S/C38H67N5O8/c1-12-27(6)34(29(50-10)23-28(17-16-21-39-24-44)35(51-11)26(4)5)42(9)36(48)33(25(2)3)40-37(49)38(7,8)41-30(45)18-14-13-15-22-43-31(46)19-20-32(43)47/h19-20,24-29,33-35H,12-18,21-23H2,1-11H3,(H,39,44)(H,40,49)(H,41,45)/t27?,28?,29?,33-,34?,35?/m0/s1. The molecule has 1 rings (SSSR count). The number of hydrogen-bond acceptors (Lipinski definition) is 8. The van der Waals surface area contributed by atoms with Crippen molar-refractivity contribution in [3.05, 3.63) is 12.2 Å². The first-order chi connectivity index (χ1) is 24.0. The van der Waals surface area contributed by atoms with E-state index >= 15 is 0 Å². The molecule has 0 aromatic heterocycles. The summed E-state index contributed by atoms with van der Waals surface area (Å²) in [6, 6.07) is -1.14. The normalized spacial score (nSPS) is 16.8. The highest BCUT2D eigenvalue weighted by atomic mass is 16.5. The number of unbranched alkanes of at least 4 members (excludes halogenated alkanes) is 2. The van der Waals surface area contributed by atoms with Crippen LogP contribution in [-0.2, 0) is 38.2 Å². The van der Waals surface area contributed by atoms with Crippen molar-refractivity contribution in [3.8, 4) is 0 Å². The minimum absolute atomic E-state index is 0.0403. The molecule has 0 radical (unpaired) electrons. The molecule has 1 heterocycles. The molecule has 0 saturated carbocycles. The molecular formula is C38H67N5O8. The first-order valence-corrected chi connectivity index (χ1v) is 18.6. The maximum atomic E-state index is 14.3. The van der Waals surface area contributed by atoms with E-state index in [4.69, 9.17) is 9.47 Å². The third-order valence-electron chi connectivity index (χ3n) is 10.0. The Hall–Kier alpha value is -3.32. The molecule has 0 saturated heterocycles. The van der Waals surface area contributed by atoms with E-state index in [-0.39, 0.29) is 72.0 Å². The molecule has 6 atom stereocenters. The maximum absolute atomic E-state index is 14.3. The summed E-state index contributed by atoms with van der Waals surface area (Å²) in [6.45, 7) is 16.3. The van der Waals surface area contributed by atoms with E-state index in [0.29, 0.717) is 45.2 Å². The summed E-state index contributed by atoms with van der Waals surface area (Å²) in [5.41, 5.74) is -1.29. The molecule has 0 fully saturated rings. The zero-order valence-electron chi connectivity index (χ0n) is 33.1. The molecule has 3 N–H and O–H groups in total. The number of hydrogen-bond donors (Lipinski definition) is 3. The Morgan fingerprint density at radius 2 is 1.57 bits per heavy atom. The van der Waals surface area contributed by atoms with E-state index < -0.39 is 17.5 Å². The Bertz CT molecular complexity index is 1150. The molecule has 292 valence electrons. The van der Waals surface area contributed by atoms with Gasteiger partial charge in [0.1, 0.15) is 11.6 Å². The quantitative estimate of drug-likeness (QED) is 0.0694. The first-order valence-electron chi connectivity index (χ1n) is 18.6. The fraction of sp³-hybridized carbons (Fsp3) is 0.789. The monoisotopic (exact) mass is 721 g/mol. The van der Waals surface area contributed by atoms with E-state index in [2.05, 4.69) is 43.6 Å². The van der Waals surface area contributed by atoms with Gasteiger partial charge in [-0.3, -0.25) is 33.7 Å².